The Kier molecular flexibility index (Phi) is 5.14. The summed E-state index contributed by atoms with van der Waals surface area (Å²) >= 11 is 0. The maximum absolute atomic E-state index is 11.9. The van der Waals surface area contributed by atoms with Crippen LogP contribution in [0.4, 0.5) is 5.69 Å². The quantitative estimate of drug-likeness (QED) is 0.587. The summed E-state index contributed by atoms with van der Waals surface area (Å²) < 4.78 is 0. The zero-order chi connectivity index (χ0) is 15.9. The summed E-state index contributed by atoms with van der Waals surface area (Å²) in [5.74, 6) is -0.0345. The SMILES string of the molecule is Cc1ccc(N[C@@H](C)C(=O)N/N=C\c2ccc(O)cc2)cc1. The first-order valence-corrected chi connectivity index (χ1v) is 7.00. The van der Waals surface area contributed by atoms with Gasteiger partial charge in [0.15, 0.2) is 0 Å². The number of benzene rings is 2. The van der Waals surface area contributed by atoms with Crippen LogP contribution in [-0.4, -0.2) is 23.3 Å². The molecular formula is C17H19N3O2. The van der Waals surface area contributed by atoms with Crippen molar-refractivity contribution in [2.45, 2.75) is 19.9 Å². The smallest absolute Gasteiger partial charge is 0.262 e. The molecule has 2 aromatic rings. The molecule has 5 nitrogen and oxygen atoms in total. The average molecular weight is 297 g/mol. The number of carbonyl (C=O) groups excluding carboxylic acids is 1. The number of nitrogens with zero attached hydrogens (tertiary/aromatic N) is 1. The molecule has 0 aliphatic carbocycles. The number of aromatic hydroxyl groups is 1. The van der Waals surface area contributed by atoms with Crippen LogP contribution in [-0.2, 0) is 4.79 Å². The molecule has 0 bridgehead atoms. The first-order chi connectivity index (χ1) is 10.5. The van der Waals surface area contributed by atoms with Gasteiger partial charge in [0.05, 0.1) is 6.21 Å². The maximum atomic E-state index is 11.9. The number of aryl methyl sites for hydroxylation is 1. The van der Waals surface area contributed by atoms with Gasteiger partial charge in [0, 0.05) is 5.69 Å². The minimum atomic E-state index is -0.403. The van der Waals surface area contributed by atoms with Crippen molar-refractivity contribution in [3.8, 4) is 5.75 Å². The molecule has 0 unspecified atom stereocenters. The minimum absolute atomic E-state index is 0.192. The second kappa shape index (κ2) is 7.26. The number of nitrogens with one attached hydrogen (secondary N) is 2. The highest BCUT2D eigenvalue weighted by molar-refractivity contribution is 5.86. The molecule has 0 spiro atoms. The summed E-state index contributed by atoms with van der Waals surface area (Å²) in [4.78, 5) is 11.9. The third-order valence-corrected chi connectivity index (χ3v) is 3.11. The average Bonchev–Trinajstić information content (AvgIpc) is 2.51. The number of amides is 1. The summed E-state index contributed by atoms with van der Waals surface area (Å²) in [5, 5.41) is 16.2. The normalized spacial score (nSPS) is 12.1. The van der Waals surface area contributed by atoms with Crippen LogP contribution in [0.15, 0.2) is 53.6 Å². The number of anilines is 1. The third-order valence-electron chi connectivity index (χ3n) is 3.11. The van der Waals surface area contributed by atoms with Gasteiger partial charge < -0.3 is 10.4 Å². The van der Waals surface area contributed by atoms with E-state index in [0.717, 1.165) is 11.3 Å². The van der Waals surface area contributed by atoms with Crippen molar-refractivity contribution >= 4 is 17.8 Å². The highest BCUT2D eigenvalue weighted by Crippen LogP contribution is 2.10. The predicted octanol–water partition coefficient (Wildman–Crippen LogP) is 2.65. The Morgan fingerprint density at radius 1 is 1.14 bits per heavy atom. The summed E-state index contributed by atoms with van der Waals surface area (Å²) in [6, 6.07) is 14.0. The lowest BCUT2D eigenvalue weighted by atomic mass is 10.2. The van der Waals surface area contributed by atoms with Gasteiger partial charge in [-0.25, -0.2) is 5.43 Å². The van der Waals surface area contributed by atoms with Crippen molar-refractivity contribution in [2.24, 2.45) is 5.10 Å². The Morgan fingerprint density at radius 2 is 1.77 bits per heavy atom. The van der Waals surface area contributed by atoms with E-state index in [0.29, 0.717) is 0 Å². The lowest BCUT2D eigenvalue weighted by Crippen LogP contribution is -2.34. The fourth-order valence-corrected chi connectivity index (χ4v) is 1.79. The van der Waals surface area contributed by atoms with Gasteiger partial charge in [-0.3, -0.25) is 4.79 Å². The second-order valence-corrected chi connectivity index (χ2v) is 5.06. The maximum Gasteiger partial charge on any atom is 0.262 e. The van der Waals surface area contributed by atoms with Gasteiger partial charge in [0.1, 0.15) is 11.8 Å². The van der Waals surface area contributed by atoms with Gasteiger partial charge in [0.2, 0.25) is 0 Å². The zero-order valence-electron chi connectivity index (χ0n) is 12.6. The molecule has 0 aliphatic heterocycles. The summed E-state index contributed by atoms with van der Waals surface area (Å²) in [7, 11) is 0. The van der Waals surface area contributed by atoms with E-state index in [1.54, 1.807) is 31.2 Å². The van der Waals surface area contributed by atoms with Crippen molar-refractivity contribution in [3.63, 3.8) is 0 Å². The van der Waals surface area contributed by atoms with E-state index in [1.165, 1.54) is 11.8 Å². The van der Waals surface area contributed by atoms with Gasteiger partial charge in [-0.1, -0.05) is 17.7 Å². The van der Waals surface area contributed by atoms with Crippen molar-refractivity contribution < 1.29 is 9.90 Å². The highest BCUT2D eigenvalue weighted by atomic mass is 16.3. The van der Waals surface area contributed by atoms with Crippen molar-refractivity contribution in [2.75, 3.05) is 5.32 Å². The number of phenolic OH excluding ortho intramolecular Hbond substituents is 1. The Hall–Kier alpha value is -2.82. The lowest BCUT2D eigenvalue weighted by molar-refractivity contribution is -0.121. The van der Waals surface area contributed by atoms with Gasteiger partial charge in [-0.15, -0.1) is 0 Å². The fraction of sp³-hybridized carbons (Fsp3) is 0.176. The monoisotopic (exact) mass is 297 g/mol. The van der Waals surface area contributed by atoms with Crippen LogP contribution < -0.4 is 10.7 Å². The topological polar surface area (TPSA) is 73.7 Å². The van der Waals surface area contributed by atoms with Crippen LogP contribution in [0.5, 0.6) is 5.75 Å². The van der Waals surface area contributed by atoms with E-state index in [9.17, 15) is 9.90 Å². The van der Waals surface area contributed by atoms with Crippen LogP contribution >= 0.6 is 0 Å². The van der Waals surface area contributed by atoms with Crippen LogP contribution in [0.25, 0.3) is 0 Å². The molecule has 3 N–H and O–H groups in total. The van der Waals surface area contributed by atoms with E-state index >= 15 is 0 Å². The van der Waals surface area contributed by atoms with Crippen LogP contribution in [0.3, 0.4) is 0 Å². The fourth-order valence-electron chi connectivity index (χ4n) is 1.79. The van der Waals surface area contributed by atoms with Gasteiger partial charge in [-0.2, -0.15) is 5.10 Å². The Balaban J connectivity index is 1.85. The van der Waals surface area contributed by atoms with Crippen molar-refractivity contribution in [3.05, 3.63) is 59.7 Å². The van der Waals surface area contributed by atoms with E-state index in [2.05, 4.69) is 15.8 Å². The number of phenols is 1. The first-order valence-electron chi connectivity index (χ1n) is 7.00. The molecule has 0 saturated heterocycles. The molecule has 0 aromatic heterocycles. The number of hydrazone groups is 1. The summed E-state index contributed by atoms with van der Waals surface area (Å²) in [6.07, 6.45) is 1.52. The summed E-state index contributed by atoms with van der Waals surface area (Å²) in [6.45, 7) is 3.78. The van der Waals surface area contributed by atoms with E-state index in [-0.39, 0.29) is 11.7 Å². The zero-order valence-corrected chi connectivity index (χ0v) is 12.6. The molecule has 1 atom stereocenters. The van der Waals surface area contributed by atoms with Gasteiger partial charge in [-0.05, 0) is 55.8 Å². The number of rotatable bonds is 5. The number of hydrogen-bond donors (Lipinski definition) is 3. The summed E-state index contributed by atoms with van der Waals surface area (Å²) in [5.41, 5.74) is 5.32. The molecule has 0 heterocycles. The van der Waals surface area contributed by atoms with Gasteiger partial charge >= 0.3 is 0 Å². The van der Waals surface area contributed by atoms with Crippen LogP contribution in [0.2, 0.25) is 0 Å². The van der Waals surface area contributed by atoms with Crippen LogP contribution in [0, 0.1) is 6.92 Å². The first kappa shape index (κ1) is 15.6. The largest absolute Gasteiger partial charge is 0.508 e. The second-order valence-electron chi connectivity index (χ2n) is 5.06. The molecule has 0 aliphatic rings. The molecule has 114 valence electrons. The molecule has 2 aromatic carbocycles. The van der Waals surface area contributed by atoms with Crippen molar-refractivity contribution in [1.82, 2.24) is 5.43 Å². The molecule has 2 rings (SSSR count). The standard InChI is InChI=1S/C17H19N3O2/c1-12-3-7-15(8-4-12)19-13(2)17(22)20-18-11-14-5-9-16(21)10-6-14/h3-11,13,19,21H,1-2H3,(H,20,22)/b18-11-/t13-/m0/s1. The molecule has 22 heavy (non-hydrogen) atoms. The van der Waals surface area contributed by atoms with Crippen molar-refractivity contribution in [1.29, 1.82) is 0 Å². The lowest BCUT2D eigenvalue weighted by Gasteiger charge is -2.13. The molecular weight excluding hydrogens is 278 g/mol. The van der Waals surface area contributed by atoms with E-state index in [1.807, 2.05) is 31.2 Å². The number of carbonyl (C=O) groups is 1. The molecule has 0 saturated carbocycles. The Labute approximate surface area is 129 Å². The molecule has 5 heteroatoms. The Bertz CT molecular complexity index is 649. The Morgan fingerprint density at radius 3 is 2.41 bits per heavy atom. The molecule has 1 amide bonds. The van der Waals surface area contributed by atoms with E-state index in [4.69, 9.17) is 0 Å². The third kappa shape index (κ3) is 4.63. The van der Waals surface area contributed by atoms with E-state index < -0.39 is 6.04 Å². The highest BCUT2D eigenvalue weighted by Gasteiger charge is 2.11. The molecule has 0 radical (unpaired) electrons. The predicted molar refractivity (Wildman–Crippen MR) is 88.1 cm³/mol. The minimum Gasteiger partial charge on any atom is -0.508 e. The van der Waals surface area contributed by atoms with Crippen LogP contribution in [0.1, 0.15) is 18.1 Å². The van der Waals surface area contributed by atoms with Gasteiger partial charge in [0.25, 0.3) is 5.91 Å². The number of hydrogen-bond acceptors (Lipinski definition) is 4. The molecule has 0 fully saturated rings.